The van der Waals surface area contributed by atoms with Gasteiger partial charge < -0.3 is 5.73 Å². The number of aromatic nitrogens is 1. The maximum atomic E-state index is 5.63. The highest BCUT2D eigenvalue weighted by Crippen LogP contribution is 2.24. The standard InChI is InChI=1S/C14H23N3/c1-2-17(14-5-3-4-6-14)11-12-7-8-16-13(9-12)10-15/h7-9,14H,2-6,10-11,15H2,1H3. The number of pyridine rings is 1. The fourth-order valence-corrected chi connectivity index (χ4v) is 2.74. The topological polar surface area (TPSA) is 42.2 Å². The van der Waals surface area contributed by atoms with Gasteiger partial charge in [0, 0.05) is 25.3 Å². The molecule has 0 amide bonds. The van der Waals surface area contributed by atoms with Gasteiger partial charge >= 0.3 is 0 Å². The van der Waals surface area contributed by atoms with Crippen LogP contribution in [-0.2, 0) is 13.1 Å². The molecule has 0 bridgehead atoms. The van der Waals surface area contributed by atoms with E-state index >= 15 is 0 Å². The third kappa shape index (κ3) is 3.27. The Morgan fingerprint density at radius 2 is 2.18 bits per heavy atom. The van der Waals surface area contributed by atoms with Crippen LogP contribution >= 0.6 is 0 Å². The van der Waals surface area contributed by atoms with E-state index in [0.29, 0.717) is 6.54 Å². The fourth-order valence-electron chi connectivity index (χ4n) is 2.74. The van der Waals surface area contributed by atoms with Crippen molar-refractivity contribution in [2.75, 3.05) is 6.54 Å². The molecule has 0 unspecified atom stereocenters. The van der Waals surface area contributed by atoms with Crippen LogP contribution in [0.4, 0.5) is 0 Å². The summed E-state index contributed by atoms with van der Waals surface area (Å²) in [5.41, 5.74) is 7.96. The number of hydrogen-bond donors (Lipinski definition) is 1. The fraction of sp³-hybridized carbons (Fsp3) is 0.643. The second-order valence-electron chi connectivity index (χ2n) is 4.86. The Bertz CT molecular complexity index is 345. The Labute approximate surface area is 104 Å². The van der Waals surface area contributed by atoms with E-state index in [1.807, 2.05) is 6.20 Å². The van der Waals surface area contributed by atoms with Crippen molar-refractivity contribution in [2.45, 2.75) is 51.7 Å². The molecule has 1 aromatic heterocycles. The third-order valence-corrected chi connectivity index (χ3v) is 3.72. The van der Waals surface area contributed by atoms with E-state index in [1.54, 1.807) is 0 Å². The van der Waals surface area contributed by atoms with Crippen LogP contribution in [-0.4, -0.2) is 22.5 Å². The van der Waals surface area contributed by atoms with Gasteiger partial charge in [-0.3, -0.25) is 9.88 Å². The van der Waals surface area contributed by atoms with Gasteiger partial charge in [-0.05, 0) is 37.1 Å². The summed E-state index contributed by atoms with van der Waals surface area (Å²) in [6.45, 7) is 4.95. The van der Waals surface area contributed by atoms with Gasteiger partial charge in [0.25, 0.3) is 0 Å². The largest absolute Gasteiger partial charge is 0.325 e. The summed E-state index contributed by atoms with van der Waals surface area (Å²) < 4.78 is 0. The van der Waals surface area contributed by atoms with E-state index in [1.165, 1.54) is 31.2 Å². The van der Waals surface area contributed by atoms with Crippen molar-refractivity contribution in [3.05, 3.63) is 29.6 Å². The zero-order chi connectivity index (χ0) is 12.1. The van der Waals surface area contributed by atoms with Gasteiger partial charge in [0.15, 0.2) is 0 Å². The maximum absolute atomic E-state index is 5.63. The molecule has 0 aromatic carbocycles. The van der Waals surface area contributed by atoms with Crippen LogP contribution in [0.2, 0.25) is 0 Å². The summed E-state index contributed by atoms with van der Waals surface area (Å²) in [4.78, 5) is 6.83. The third-order valence-electron chi connectivity index (χ3n) is 3.72. The van der Waals surface area contributed by atoms with Gasteiger partial charge in [0.2, 0.25) is 0 Å². The first kappa shape index (κ1) is 12.5. The molecule has 1 saturated carbocycles. The Morgan fingerprint density at radius 1 is 1.41 bits per heavy atom. The molecular formula is C14H23N3. The van der Waals surface area contributed by atoms with Crippen LogP contribution in [0.25, 0.3) is 0 Å². The molecule has 1 aromatic rings. The first-order valence-electron chi connectivity index (χ1n) is 6.71. The molecule has 1 fully saturated rings. The van der Waals surface area contributed by atoms with Gasteiger partial charge in [-0.15, -0.1) is 0 Å². The lowest BCUT2D eigenvalue weighted by Gasteiger charge is -2.27. The minimum atomic E-state index is 0.531. The Hall–Kier alpha value is -0.930. The molecule has 0 radical (unpaired) electrons. The van der Waals surface area contributed by atoms with Crippen LogP contribution in [0.5, 0.6) is 0 Å². The molecule has 1 aliphatic carbocycles. The molecular weight excluding hydrogens is 210 g/mol. The van der Waals surface area contributed by atoms with E-state index in [9.17, 15) is 0 Å². The van der Waals surface area contributed by atoms with E-state index < -0.39 is 0 Å². The van der Waals surface area contributed by atoms with Crippen molar-refractivity contribution in [3.8, 4) is 0 Å². The predicted octanol–water partition coefficient (Wildman–Crippen LogP) is 2.30. The molecule has 0 spiro atoms. The maximum Gasteiger partial charge on any atom is 0.0542 e. The molecule has 94 valence electrons. The highest BCUT2D eigenvalue weighted by Gasteiger charge is 2.21. The van der Waals surface area contributed by atoms with Gasteiger partial charge in [-0.1, -0.05) is 19.8 Å². The van der Waals surface area contributed by atoms with Gasteiger partial charge in [0.05, 0.1) is 5.69 Å². The first-order chi connectivity index (χ1) is 8.33. The molecule has 3 heteroatoms. The SMILES string of the molecule is CCN(Cc1ccnc(CN)c1)C1CCCC1. The van der Waals surface area contributed by atoms with Gasteiger partial charge in [-0.2, -0.15) is 0 Å². The highest BCUT2D eigenvalue weighted by molar-refractivity contribution is 5.16. The molecule has 3 nitrogen and oxygen atoms in total. The Balaban J connectivity index is 2.01. The van der Waals surface area contributed by atoms with Crippen molar-refractivity contribution >= 4 is 0 Å². The zero-order valence-corrected chi connectivity index (χ0v) is 10.7. The van der Waals surface area contributed by atoms with Crippen molar-refractivity contribution in [3.63, 3.8) is 0 Å². The van der Waals surface area contributed by atoms with E-state index in [2.05, 4.69) is 28.9 Å². The lowest BCUT2D eigenvalue weighted by Crippen LogP contribution is -2.32. The summed E-state index contributed by atoms with van der Waals surface area (Å²) in [5.74, 6) is 0. The monoisotopic (exact) mass is 233 g/mol. The second-order valence-corrected chi connectivity index (χ2v) is 4.86. The van der Waals surface area contributed by atoms with Crippen LogP contribution in [0.15, 0.2) is 18.3 Å². The Kier molecular flexibility index (Phi) is 4.51. The number of nitrogens with two attached hydrogens (primary N) is 1. The average Bonchev–Trinajstić information content (AvgIpc) is 2.90. The molecule has 17 heavy (non-hydrogen) atoms. The minimum absolute atomic E-state index is 0.531. The van der Waals surface area contributed by atoms with Crippen LogP contribution in [0.1, 0.15) is 43.9 Å². The molecule has 2 rings (SSSR count). The normalized spacial score (nSPS) is 16.9. The molecule has 2 N–H and O–H groups in total. The Morgan fingerprint density at radius 3 is 2.82 bits per heavy atom. The van der Waals surface area contributed by atoms with Crippen molar-refractivity contribution in [2.24, 2.45) is 5.73 Å². The first-order valence-corrected chi connectivity index (χ1v) is 6.71. The smallest absolute Gasteiger partial charge is 0.0542 e. The summed E-state index contributed by atoms with van der Waals surface area (Å²) in [6.07, 6.45) is 7.39. The summed E-state index contributed by atoms with van der Waals surface area (Å²) in [6, 6.07) is 5.03. The summed E-state index contributed by atoms with van der Waals surface area (Å²) >= 11 is 0. The van der Waals surface area contributed by atoms with Crippen molar-refractivity contribution < 1.29 is 0 Å². The average molecular weight is 233 g/mol. The van der Waals surface area contributed by atoms with E-state index in [4.69, 9.17) is 5.73 Å². The predicted molar refractivity (Wildman–Crippen MR) is 70.5 cm³/mol. The van der Waals surface area contributed by atoms with E-state index in [-0.39, 0.29) is 0 Å². The van der Waals surface area contributed by atoms with Gasteiger partial charge in [0.1, 0.15) is 0 Å². The van der Waals surface area contributed by atoms with E-state index in [0.717, 1.165) is 24.8 Å². The van der Waals surface area contributed by atoms with Crippen LogP contribution in [0.3, 0.4) is 0 Å². The summed E-state index contributed by atoms with van der Waals surface area (Å²) in [7, 11) is 0. The highest BCUT2D eigenvalue weighted by atomic mass is 15.1. The van der Waals surface area contributed by atoms with Gasteiger partial charge in [-0.25, -0.2) is 0 Å². The second kappa shape index (κ2) is 6.12. The van der Waals surface area contributed by atoms with Crippen molar-refractivity contribution in [1.82, 2.24) is 9.88 Å². The molecule has 1 aliphatic rings. The number of nitrogens with zero attached hydrogens (tertiary/aromatic N) is 2. The van der Waals surface area contributed by atoms with Crippen LogP contribution < -0.4 is 5.73 Å². The zero-order valence-electron chi connectivity index (χ0n) is 10.7. The molecule has 0 saturated heterocycles. The minimum Gasteiger partial charge on any atom is -0.325 e. The lowest BCUT2D eigenvalue weighted by molar-refractivity contribution is 0.200. The van der Waals surface area contributed by atoms with Crippen LogP contribution in [0, 0.1) is 0 Å². The number of rotatable bonds is 5. The lowest BCUT2D eigenvalue weighted by atomic mass is 10.1. The quantitative estimate of drug-likeness (QED) is 0.848. The molecule has 1 heterocycles. The number of hydrogen-bond acceptors (Lipinski definition) is 3. The molecule has 0 atom stereocenters. The molecule has 0 aliphatic heterocycles. The van der Waals surface area contributed by atoms with Crippen molar-refractivity contribution in [1.29, 1.82) is 0 Å². The summed E-state index contributed by atoms with van der Waals surface area (Å²) in [5, 5.41) is 0.